The number of benzene rings is 2. The number of para-hydroxylation sites is 1. The highest BCUT2D eigenvalue weighted by molar-refractivity contribution is 5.94. The number of amides is 1. The molecule has 1 saturated heterocycles. The average Bonchev–Trinajstić information content (AvgIpc) is 3.28. The molecule has 0 saturated carbocycles. The molecule has 142 valence electrons. The smallest absolute Gasteiger partial charge is 0.251 e. The van der Waals surface area contributed by atoms with Crippen molar-refractivity contribution >= 4 is 11.7 Å². The van der Waals surface area contributed by atoms with Crippen molar-refractivity contribution in [3.05, 3.63) is 84.1 Å². The first-order valence-corrected chi connectivity index (χ1v) is 9.59. The summed E-state index contributed by atoms with van der Waals surface area (Å²) in [6, 6.07) is 20.8. The van der Waals surface area contributed by atoms with E-state index in [0.717, 1.165) is 30.2 Å². The second-order valence-electron chi connectivity index (χ2n) is 6.84. The highest BCUT2D eigenvalue weighted by Crippen LogP contribution is 2.22. The van der Waals surface area contributed by atoms with E-state index in [4.69, 9.17) is 4.74 Å². The fraction of sp³-hybridized carbons (Fsp3) is 0.217. The van der Waals surface area contributed by atoms with Crippen LogP contribution in [0.15, 0.2) is 72.9 Å². The fourth-order valence-corrected chi connectivity index (χ4v) is 3.26. The zero-order valence-corrected chi connectivity index (χ0v) is 15.7. The summed E-state index contributed by atoms with van der Waals surface area (Å²) in [6.45, 7) is 2.59. The molecular weight excluding hydrogens is 350 g/mol. The topological polar surface area (TPSA) is 54.5 Å². The lowest BCUT2D eigenvalue weighted by atomic mass is 10.2. The van der Waals surface area contributed by atoms with Crippen LogP contribution >= 0.6 is 0 Å². The number of aromatic nitrogens is 1. The Balaban J connectivity index is 1.35. The van der Waals surface area contributed by atoms with Crippen molar-refractivity contribution < 1.29 is 9.53 Å². The third-order valence-electron chi connectivity index (χ3n) is 4.77. The molecule has 2 aromatic carbocycles. The number of hydrogen-bond acceptors (Lipinski definition) is 4. The fourth-order valence-electron chi connectivity index (χ4n) is 3.26. The Morgan fingerprint density at radius 3 is 2.50 bits per heavy atom. The van der Waals surface area contributed by atoms with E-state index in [1.807, 2.05) is 60.8 Å². The van der Waals surface area contributed by atoms with Crippen LogP contribution < -0.4 is 15.0 Å². The van der Waals surface area contributed by atoms with Gasteiger partial charge in [-0.05, 0) is 54.8 Å². The first-order chi connectivity index (χ1) is 13.8. The molecule has 0 bridgehead atoms. The summed E-state index contributed by atoms with van der Waals surface area (Å²) < 4.78 is 5.80. The molecule has 4 rings (SSSR count). The van der Waals surface area contributed by atoms with Gasteiger partial charge in [0.05, 0.1) is 0 Å². The van der Waals surface area contributed by atoms with Crippen LogP contribution in [-0.2, 0) is 6.54 Å². The summed E-state index contributed by atoms with van der Waals surface area (Å²) in [7, 11) is 0. The number of nitrogens with zero attached hydrogens (tertiary/aromatic N) is 2. The monoisotopic (exact) mass is 373 g/mol. The van der Waals surface area contributed by atoms with Gasteiger partial charge >= 0.3 is 0 Å². The van der Waals surface area contributed by atoms with Crippen LogP contribution in [0.2, 0.25) is 0 Å². The Kier molecular flexibility index (Phi) is 5.52. The number of nitrogens with one attached hydrogen (secondary N) is 1. The minimum atomic E-state index is -0.137. The molecular formula is C23H23N3O2. The van der Waals surface area contributed by atoms with Crippen LogP contribution in [0.25, 0.3) is 0 Å². The van der Waals surface area contributed by atoms with Gasteiger partial charge in [-0.15, -0.1) is 0 Å². The molecule has 1 N–H and O–H groups in total. The van der Waals surface area contributed by atoms with Crippen molar-refractivity contribution in [3.63, 3.8) is 0 Å². The van der Waals surface area contributed by atoms with Gasteiger partial charge in [-0.3, -0.25) is 4.79 Å². The lowest BCUT2D eigenvalue weighted by molar-refractivity contribution is 0.0950. The standard InChI is InChI=1S/C23H23N3O2/c27-23(19-7-6-10-21(15-19)28-20-8-2-1-3-9-20)25-17-18-11-12-22(24-16-18)26-13-4-5-14-26/h1-3,6-12,15-16H,4-5,13-14,17H2,(H,25,27). The second-order valence-corrected chi connectivity index (χ2v) is 6.84. The van der Waals surface area contributed by atoms with E-state index in [1.54, 1.807) is 12.1 Å². The predicted octanol–water partition coefficient (Wildman–Crippen LogP) is 4.40. The molecule has 0 aliphatic carbocycles. The van der Waals surface area contributed by atoms with Crippen LogP contribution in [-0.4, -0.2) is 24.0 Å². The molecule has 5 nitrogen and oxygen atoms in total. The van der Waals surface area contributed by atoms with Crippen LogP contribution in [0.1, 0.15) is 28.8 Å². The molecule has 1 aliphatic rings. The molecule has 2 heterocycles. The van der Waals surface area contributed by atoms with Gasteiger partial charge in [0.2, 0.25) is 0 Å². The average molecular weight is 373 g/mol. The van der Waals surface area contributed by atoms with E-state index in [-0.39, 0.29) is 5.91 Å². The molecule has 28 heavy (non-hydrogen) atoms. The SMILES string of the molecule is O=C(NCc1ccc(N2CCCC2)nc1)c1cccc(Oc2ccccc2)c1. The van der Waals surface area contributed by atoms with Crippen molar-refractivity contribution in [3.8, 4) is 11.5 Å². The molecule has 0 spiro atoms. The highest BCUT2D eigenvalue weighted by atomic mass is 16.5. The first kappa shape index (κ1) is 18.0. The largest absolute Gasteiger partial charge is 0.457 e. The van der Waals surface area contributed by atoms with Gasteiger partial charge in [0, 0.05) is 31.4 Å². The molecule has 1 amide bonds. The molecule has 1 fully saturated rings. The van der Waals surface area contributed by atoms with Crippen molar-refractivity contribution in [2.45, 2.75) is 19.4 Å². The van der Waals surface area contributed by atoms with Gasteiger partial charge in [0.1, 0.15) is 17.3 Å². The molecule has 5 heteroatoms. The van der Waals surface area contributed by atoms with Gasteiger partial charge in [-0.1, -0.05) is 30.3 Å². The second kappa shape index (κ2) is 8.57. The van der Waals surface area contributed by atoms with E-state index in [1.165, 1.54) is 12.8 Å². The van der Waals surface area contributed by atoms with E-state index in [0.29, 0.717) is 17.9 Å². The maximum Gasteiger partial charge on any atom is 0.251 e. The number of carbonyl (C=O) groups is 1. The van der Waals surface area contributed by atoms with Crippen molar-refractivity contribution in [1.82, 2.24) is 10.3 Å². The van der Waals surface area contributed by atoms with Gasteiger partial charge < -0.3 is 15.0 Å². The van der Waals surface area contributed by atoms with Gasteiger partial charge in [-0.25, -0.2) is 4.98 Å². The zero-order chi connectivity index (χ0) is 19.2. The third-order valence-corrected chi connectivity index (χ3v) is 4.77. The molecule has 1 aliphatic heterocycles. The summed E-state index contributed by atoms with van der Waals surface area (Å²) in [6.07, 6.45) is 4.29. The maximum absolute atomic E-state index is 12.5. The van der Waals surface area contributed by atoms with E-state index < -0.39 is 0 Å². The number of hydrogen-bond donors (Lipinski definition) is 1. The Morgan fingerprint density at radius 1 is 0.964 bits per heavy atom. The van der Waals surface area contributed by atoms with E-state index in [2.05, 4.69) is 15.2 Å². The Labute approximate surface area is 165 Å². The summed E-state index contributed by atoms with van der Waals surface area (Å²) >= 11 is 0. The Morgan fingerprint density at radius 2 is 1.75 bits per heavy atom. The van der Waals surface area contributed by atoms with Crippen LogP contribution in [0.3, 0.4) is 0 Å². The number of rotatable bonds is 6. The summed E-state index contributed by atoms with van der Waals surface area (Å²) in [5.74, 6) is 2.25. The van der Waals surface area contributed by atoms with E-state index in [9.17, 15) is 4.79 Å². The number of pyridine rings is 1. The first-order valence-electron chi connectivity index (χ1n) is 9.59. The van der Waals surface area contributed by atoms with Crippen molar-refractivity contribution in [2.24, 2.45) is 0 Å². The highest BCUT2D eigenvalue weighted by Gasteiger charge is 2.13. The molecule has 1 aromatic heterocycles. The lowest BCUT2D eigenvalue weighted by Crippen LogP contribution is -2.23. The number of anilines is 1. The molecule has 0 radical (unpaired) electrons. The minimum absolute atomic E-state index is 0.137. The third kappa shape index (κ3) is 4.49. The normalized spacial score (nSPS) is 13.4. The van der Waals surface area contributed by atoms with Gasteiger partial charge in [-0.2, -0.15) is 0 Å². The summed E-state index contributed by atoms with van der Waals surface area (Å²) in [5, 5.41) is 2.95. The van der Waals surface area contributed by atoms with Crippen molar-refractivity contribution in [1.29, 1.82) is 0 Å². The van der Waals surface area contributed by atoms with Crippen LogP contribution in [0.4, 0.5) is 5.82 Å². The number of ether oxygens (including phenoxy) is 1. The quantitative estimate of drug-likeness (QED) is 0.696. The van der Waals surface area contributed by atoms with Gasteiger partial charge in [0.15, 0.2) is 0 Å². The lowest BCUT2D eigenvalue weighted by Gasteiger charge is -2.16. The predicted molar refractivity (Wildman–Crippen MR) is 110 cm³/mol. The van der Waals surface area contributed by atoms with E-state index >= 15 is 0 Å². The summed E-state index contributed by atoms with van der Waals surface area (Å²) in [4.78, 5) is 19.3. The summed E-state index contributed by atoms with van der Waals surface area (Å²) in [5.41, 5.74) is 1.54. The Hall–Kier alpha value is -3.34. The molecule has 0 unspecified atom stereocenters. The van der Waals surface area contributed by atoms with Crippen molar-refractivity contribution in [2.75, 3.05) is 18.0 Å². The zero-order valence-electron chi connectivity index (χ0n) is 15.7. The molecule has 3 aromatic rings. The Bertz CT molecular complexity index is 920. The van der Waals surface area contributed by atoms with Gasteiger partial charge in [0.25, 0.3) is 5.91 Å². The maximum atomic E-state index is 12.5. The molecule has 0 atom stereocenters. The number of carbonyl (C=O) groups excluding carboxylic acids is 1. The minimum Gasteiger partial charge on any atom is -0.457 e. The van der Waals surface area contributed by atoms with Crippen LogP contribution in [0.5, 0.6) is 11.5 Å². The van der Waals surface area contributed by atoms with Crippen LogP contribution in [0, 0.1) is 0 Å².